The molecule has 3 aliphatic heterocycles. The van der Waals surface area contributed by atoms with E-state index in [4.69, 9.17) is 4.74 Å². The largest absolute Gasteiger partial charge is 0.453 e. The Morgan fingerprint density at radius 3 is 2.43 bits per heavy atom. The fraction of sp³-hybridized carbons (Fsp3) is 0.211. The van der Waals surface area contributed by atoms with E-state index in [1.165, 1.54) is 70.2 Å². The number of ether oxygens (including phenoxy) is 1. The first-order valence-corrected chi connectivity index (χ1v) is 15.2. The smallest absolute Gasteiger partial charge is 0.197 e. The van der Waals surface area contributed by atoms with Crippen molar-refractivity contribution in [2.45, 2.75) is 50.5 Å². The van der Waals surface area contributed by atoms with Gasteiger partial charge >= 0.3 is 0 Å². The Kier molecular flexibility index (Phi) is 4.92. The second-order valence-electron chi connectivity index (χ2n) is 12.8. The quantitative estimate of drug-likeness (QED) is 0.222. The first kappa shape index (κ1) is 24.2. The molecule has 5 aromatic carbocycles. The standard InChI is InChI=1S/C38H32BN2O/c1-37-20-8-9-21-38(37,2)41-31-23-25(24-12-4-3-5-13-24)22-27(34(31)39-29-16-11-15-28(37)36(29)41)26-14-10-19-33-35(26)40-30-17-6-7-18-32(30)42-33/h3-7,10-19,22-23,40H,8-9,20-21H2,1-2H3. The molecule has 4 aliphatic rings. The lowest BCUT2D eigenvalue weighted by Crippen LogP contribution is -2.57. The average Bonchev–Trinajstić information content (AvgIpc) is 3.25. The van der Waals surface area contributed by atoms with E-state index in [0.29, 0.717) is 0 Å². The topological polar surface area (TPSA) is 24.5 Å². The molecule has 3 heterocycles. The monoisotopic (exact) mass is 543 g/mol. The Labute approximate surface area is 248 Å². The molecule has 3 nitrogen and oxygen atoms in total. The van der Waals surface area contributed by atoms with Gasteiger partial charge in [-0.2, -0.15) is 0 Å². The van der Waals surface area contributed by atoms with Crippen LogP contribution in [0.4, 0.5) is 22.7 Å². The zero-order valence-electron chi connectivity index (χ0n) is 24.1. The van der Waals surface area contributed by atoms with Gasteiger partial charge in [0.15, 0.2) is 18.8 Å². The molecular weight excluding hydrogens is 511 g/mol. The van der Waals surface area contributed by atoms with Gasteiger partial charge in [0, 0.05) is 22.4 Å². The maximum Gasteiger partial charge on any atom is 0.197 e. The SMILES string of the molecule is CC12CCCCC1(C)N1c3cc(-c4ccccc4)cc(-c4cccc5c4Nc4ccccc4O5)c3[B]c3cccc2c31. The predicted octanol–water partition coefficient (Wildman–Crippen LogP) is 8.58. The molecule has 1 fully saturated rings. The molecular formula is C38H32BN2O. The summed E-state index contributed by atoms with van der Waals surface area (Å²) in [4.78, 5) is 2.75. The molecule has 1 aliphatic carbocycles. The Hall–Kier alpha value is -4.44. The fourth-order valence-electron chi connectivity index (χ4n) is 8.31. The van der Waals surface area contributed by atoms with Crippen LogP contribution in [0.2, 0.25) is 0 Å². The minimum Gasteiger partial charge on any atom is -0.453 e. The highest BCUT2D eigenvalue weighted by molar-refractivity contribution is 6.73. The van der Waals surface area contributed by atoms with Crippen molar-refractivity contribution in [2.24, 2.45) is 0 Å². The summed E-state index contributed by atoms with van der Waals surface area (Å²) in [6, 6.07) is 37.3. The molecule has 4 heteroatoms. The molecule has 2 unspecified atom stereocenters. The van der Waals surface area contributed by atoms with Crippen LogP contribution < -0.4 is 25.9 Å². The lowest BCUT2D eigenvalue weighted by molar-refractivity contribution is 0.195. The molecule has 1 N–H and O–H groups in total. The number of benzene rings is 5. The third kappa shape index (κ3) is 3.13. The molecule has 0 saturated heterocycles. The summed E-state index contributed by atoms with van der Waals surface area (Å²) < 4.78 is 6.42. The third-order valence-corrected chi connectivity index (χ3v) is 10.6. The molecule has 9 rings (SSSR count). The molecule has 0 amide bonds. The van der Waals surface area contributed by atoms with E-state index in [1.54, 1.807) is 0 Å². The zero-order valence-corrected chi connectivity index (χ0v) is 24.1. The van der Waals surface area contributed by atoms with Crippen LogP contribution in [0, 0.1) is 0 Å². The van der Waals surface area contributed by atoms with Crippen molar-refractivity contribution in [3.05, 3.63) is 109 Å². The summed E-state index contributed by atoms with van der Waals surface area (Å²) in [5.41, 5.74) is 13.8. The van der Waals surface area contributed by atoms with Crippen LogP contribution in [0.1, 0.15) is 45.1 Å². The van der Waals surface area contributed by atoms with Crippen molar-refractivity contribution in [3.63, 3.8) is 0 Å². The minimum atomic E-state index is 0.00962. The van der Waals surface area contributed by atoms with Gasteiger partial charge in [0.2, 0.25) is 0 Å². The van der Waals surface area contributed by atoms with E-state index >= 15 is 0 Å². The van der Waals surface area contributed by atoms with Crippen LogP contribution in [0.3, 0.4) is 0 Å². The van der Waals surface area contributed by atoms with Crippen molar-refractivity contribution in [2.75, 3.05) is 10.2 Å². The van der Waals surface area contributed by atoms with Crippen LogP contribution in [0.5, 0.6) is 11.5 Å². The molecule has 42 heavy (non-hydrogen) atoms. The van der Waals surface area contributed by atoms with Gasteiger partial charge in [-0.15, -0.1) is 0 Å². The maximum absolute atomic E-state index is 6.42. The van der Waals surface area contributed by atoms with Crippen LogP contribution in [0.15, 0.2) is 103 Å². The van der Waals surface area contributed by atoms with Crippen molar-refractivity contribution >= 4 is 41.0 Å². The van der Waals surface area contributed by atoms with Gasteiger partial charge in [-0.3, -0.25) is 0 Å². The highest BCUT2D eigenvalue weighted by atomic mass is 16.5. The molecule has 0 aromatic heterocycles. The van der Waals surface area contributed by atoms with Crippen molar-refractivity contribution in [1.82, 2.24) is 0 Å². The van der Waals surface area contributed by atoms with E-state index in [-0.39, 0.29) is 11.0 Å². The highest BCUT2D eigenvalue weighted by Gasteiger charge is 2.59. The van der Waals surface area contributed by atoms with E-state index < -0.39 is 0 Å². The van der Waals surface area contributed by atoms with Crippen LogP contribution in [-0.4, -0.2) is 12.8 Å². The average molecular weight is 543 g/mol. The lowest BCUT2D eigenvalue weighted by Gasteiger charge is -2.51. The van der Waals surface area contributed by atoms with Gasteiger partial charge in [0.25, 0.3) is 0 Å². The van der Waals surface area contributed by atoms with E-state index in [1.807, 2.05) is 12.1 Å². The second-order valence-corrected chi connectivity index (χ2v) is 12.8. The molecule has 0 bridgehead atoms. The molecule has 2 atom stereocenters. The number of nitrogens with one attached hydrogen (secondary N) is 1. The Balaban J connectivity index is 1.32. The van der Waals surface area contributed by atoms with E-state index in [0.717, 1.165) is 28.4 Å². The zero-order chi connectivity index (χ0) is 28.1. The molecule has 1 radical (unpaired) electrons. The van der Waals surface area contributed by atoms with Gasteiger partial charge in [-0.05, 0) is 72.4 Å². The Morgan fingerprint density at radius 1 is 0.738 bits per heavy atom. The fourth-order valence-corrected chi connectivity index (χ4v) is 8.31. The van der Waals surface area contributed by atoms with E-state index in [9.17, 15) is 0 Å². The van der Waals surface area contributed by atoms with E-state index in [2.05, 4.69) is 122 Å². The minimum absolute atomic E-state index is 0.00962. The number of nitrogens with zero attached hydrogens (tertiary/aromatic N) is 1. The van der Waals surface area contributed by atoms with Gasteiger partial charge in [-0.25, -0.2) is 0 Å². The molecule has 1 saturated carbocycles. The first-order valence-electron chi connectivity index (χ1n) is 15.2. The lowest BCUT2D eigenvalue weighted by atomic mass is 9.57. The van der Waals surface area contributed by atoms with Gasteiger partial charge in [0.05, 0.1) is 16.9 Å². The summed E-state index contributed by atoms with van der Waals surface area (Å²) in [5, 5.41) is 3.73. The summed E-state index contributed by atoms with van der Waals surface area (Å²) in [6.07, 6.45) is 4.97. The highest BCUT2D eigenvalue weighted by Crippen LogP contribution is 2.61. The predicted molar refractivity (Wildman–Crippen MR) is 175 cm³/mol. The molecule has 0 spiro atoms. The molecule has 5 aromatic rings. The number of rotatable bonds is 2. The Bertz CT molecular complexity index is 1920. The number of fused-ring (bicyclic) bond motifs is 7. The number of anilines is 4. The number of hydrogen-bond acceptors (Lipinski definition) is 3. The van der Waals surface area contributed by atoms with Gasteiger partial charge in [-0.1, -0.05) is 103 Å². The summed E-state index contributed by atoms with van der Waals surface area (Å²) in [6.45, 7) is 5.05. The third-order valence-electron chi connectivity index (χ3n) is 10.6. The second kappa shape index (κ2) is 8.55. The number of para-hydroxylation sites is 4. The summed E-state index contributed by atoms with van der Waals surface area (Å²) in [5.74, 6) is 1.72. The van der Waals surface area contributed by atoms with Crippen LogP contribution >= 0.6 is 0 Å². The number of hydrogen-bond donors (Lipinski definition) is 1. The first-order chi connectivity index (χ1) is 20.5. The van der Waals surface area contributed by atoms with Crippen LogP contribution in [-0.2, 0) is 5.41 Å². The van der Waals surface area contributed by atoms with Gasteiger partial charge in [0.1, 0.15) is 0 Å². The van der Waals surface area contributed by atoms with Crippen LogP contribution in [0.25, 0.3) is 22.3 Å². The summed E-state index contributed by atoms with van der Waals surface area (Å²) in [7, 11) is 2.44. The van der Waals surface area contributed by atoms with Gasteiger partial charge < -0.3 is 15.0 Å². The van der Waals surface area contributed by atoms with Crippen molar-refractivity contribution < 1.29 is 4.74 Å². The maximum atomic E-state index is 6.42. The normalized spacial score (nSPS) is 22.4. The van der Waals surface area contributed by atoms with Crippen molar-refractivity contribution in [3.8, 4) is 33.8 Å². The molecule has 203 valence electrons. The van der Waals surface area contributed by atoms with Crippen molar-refractivity contribution in [1.29, 1.82) is 0 Å². The Morgan fingerprint density at radius 2 is 1.52 bits per heavy atom. The summed E-state index contributed by atoms with van der Waals surface area (Å²) >= 11 is 0.